The van der Waals surface area contributed by atoms with E-state index in [-0.39, 0.29) is 5.78 Å². The summed E-state index contributed by atoms with van der Waals surface area (Å²) in [6.07, 6.45) is 4.45. The molecule has 0 N–H and O–H groups in total. The normalized spacial score (nSPS) is 11.7. The van der Waals surface area contributed by atoms with Gasteiger partial charge in [-0.2, -0.15) is 0 Å². The van der Waals surface area contributed by atoms with Crippen LogP contribution in [0.1, 0.15) is 37.8 Å². The molecule has 1 heterocycles. The average Bonchev–Trinajstić information content (AvgIpc) is 2.65. The van der Waals surface area contributed by atoms with E-state index in [2.05, 4.69) is 11.9 Å². The second-order valence-electron chi connectivity index (χ2n) is 3.99. The molecule has 0 radical (unpaired) electrons. The summed E-state index contributed by atoms with van der Waals surface area (Å²) in [4.78, 5) is 16.1. The van der Waals surface area contributed by atoms with Gasteiger partial charge in [0, 0.05) is 26.0 Å². The van der Waals surface area contributed by atoms with Crippen LogP contribution in [0, 0.1) is 0 Å². The number of aryl methyl sites for hydroxylation is 1. The van der Waals surface area contributed by atoms with E-state index in [9.17, 15) is 4.79 Å². The van der Waals surface area contributed by atoms with Gasteiger partial charge in [0.25, 0.3) is 0 Å². The van der Waals surface area contributed by atoms with Gasteiger partial charge in [0.1, 0.15) is 5.60 Å². The van der Waals surface area contributed by atoms with Crippen molar-refractivity contribution in [3.8, 4) is 0 Å². The summed E-state index contributed by atoms with van der Waals surface area (Å²) in [5.41, 5.74) is -0.809. The molecule has 0 spiro atoms. The van der Waals surface area contributed by atoms with Gasteiger partial charge >= 0.3 is 0 Å². The summed E-state index contributed by atoms with van der Waals surface area (Å²) in [7, 11) is 1.53. The van der Waals surface area contributed by atoms with E-state index in [0.29, 0.717) is 5.82 Å². The van der Waals surface area contributed by atoms with E-state index in [4.69, 9.17) is 4.74 Å². The maximum atomic E-state index is 12.0. The van der Waals surface area contributed by atoms with E-state index in [1.807, 2.05) is 10.8 Å². The summed E-state index contributed by atoms with van der Waals surface area (Å²) in [5.74, 6) is 0.396. The Hall–Kier alpha value is -1.16. The molecule has 0 bridgehead atoms. The van der Waals surface area contributed by atoms with Crippen LogP contribution in [-0.4, -0.2) is 28.0 Å². The van der Waals surface area contributed by atoms with Crippen LogP contribution in [0.15, 0.2) is 12.4 Å². The highest BCUT2D eigenvalue weighted by Gasteiger charge is 2.31. The fourth-order valence-corrected chi connectivity index (χ4v) is 1.30. The lowest BCUT2D eigenvalue weighted by Gasteiger charge is -2.20. The monoisotopic (exact) mass is 210 g/mol. The zero-order chi connectivity index (χ0) is 11.5. The molecule has 0 saturated heterocycles. The SMILES string of the molecule is CCCn1ccnc1C(=O)C(C)(C)OC. The van der Waals surface area contributed by atoms with Crippen molar-refractivity contribution < 1.29 is 9.53 Å². The number of carbonyl (C=O) groups excluding carboxylic acids is 1. The summed E-state index contributed by atoms with van der Waals surface area (Å²) in [5, 5.41) is 0. The van der Waals surface area contributed by atoms with Gasteiger partial charge in [0.05, 0.1) is 0 Å². The number of rotatable bonds is 5. The number of nitrogens with zero attached hydrogens (tertiary/aromatic N) is 2. The smallest absolute Gasteiger partial charge is 0.229 e. The summed E-state index contributed by atoms with van der Waals surface area (Å²) in [6.45, 7) is 6.37. The van der Waals surface area contributed by atoms with Crippen LogP contribution in [0.2, 0.25) is 0 Å². The van der Waals surface area contributed by atoms with Gasteiger partial charge in [0.15, 0.2) is 5.82 Å². The van der Waals surface area contributed by atoms with Crippen LogP contribution in [0.4, 0.5) is 0 Å². The molecule has 0 aliphatic carbocycles. The molecule has 4 nitrogen and oxygen atoms in total. The minimum absolute atomic E-state index is 0.0801. The van der Waals surface area contributed by atoms with Crippen molar-refractivity contribution in [1.82, 2.24) is 9.55 Å². The van der Waals surface area contributed by atoms with Crippen molar-refractivity contribution >= 4 is 5.78 Å². The van der Waals surface area contributed by atoms with Gasteiger partial charge in [-0.1, -0.05) is 6.92 Å². The molecule has 0 aliphatic rings. The zero-order valence-electron chi connectivity index (χ0n) is 9.78. The largest absolute Gasteiger partial charge is 0.371 e. The minimum Gasteiger partial charge on any atom is -0.371 e. The number of hydrogen-bond donors (Lipinski definition) is 0. The summed E-state index contributed by atoms with van der Waals surface area (Å²) in [6, 6.07) is 0. The highest BCUT2D eigenvalue weighted by molar-refractivity contribution is 5.99. The molecule has 0 amide bonds. The van der Waals surface area contributed by atoms with E-state index >= 15 is 0 Å². The first kappa shape index (κ1) is 11.9. The van der Waals surface area contributed by atoms with Crippen molar-refractivity contribution in [2.45, 2.75) is 39.3 Å². The Kier molecular flexibility index (Phi) is 3.63. The Morgan fingerprint density at radius 3 is 2.80 bits per heavy atom. The van der Waals surface area contributed by atoms with Crippen LogP contribution in [0.3, 0.4) is 0 Å². The zero-order valence-corrected chi connectivity index (χ0v) is 9.78. The third kappa shape index (κ3) is 2.45. The molecule has 0 saturated carbocycles. The van der Waals surface area contributed by atoms with Crippen molar-refractivity contribution in [1.29, 1.82) is 0 Å². The molecule has 0 aliphatic heterocycles. The average molecular weight is 210 g/mol. The van der Waals surface area contributed by atoms with E-state index in [1.165, 1.54) is 7.11 Å². The molecule has 15 heavy (non-hydrogen) atoms. The molecule has 0 aromatic carbocycles. The predicted octanol–water partition coefficient (Wildman–Crippen LogP) is 1.90. The molecule has 0 unspecified atom stereocenters. The Morgan fingerprint density at radius 2 is 2.27 bits per heavy atom. The third-order valence-electron chi connectivity index (χ3n) is 2.44. The second kappa shape index (κ2) is 4.57. The predicted molar refractivity (Wildman–Crippen MR) is 57.9 cm³/mol. The highest BCUT2D eigenvalue weighted by Crippen LogP contribution is 2.15. The molecule has 84 valence electrons. The topological polar surface area (TPSA) is 44.1 Å². The first-order valence-electron chi connectivity index (χ1n) is 5.14. The number of Topliss-reactive ketones (excluding diaryl/α,β-unsaturated/α-hetero) is 1. The Labute approximate surface area is 90.3 Å². The van der Waals surface area contributed by atoms with Crippen LogP contribution in [-0.2, 0) is 11.3 Å². The molecule has 0 atom stereocenters. The van der Waals surface area contributed by atoms with Crippen LogP contribution < -0.4 is 0 Å². The lowest BCUT2D eigenvalue weighted by molar-refractivity contribution is 0.0215. The van der Waals surface area contributed by atoms with E-state index in [0.717, 1.165) is 13.0 Å². The number of carbonyl (C=O) groups is 1. The fraction of sp³-hybridized carbons (Fsp3) is 0.636. The third-order valence-corrected chi connectivity index (χ3v) is 2.44. The number of ether oxygens (including phenoxy) is 1. The van der Waals surface area contributed by atoms with Crippen LogP contribution >= 0.6 is 0 Å². The number of hydrogen-bond acceptors (Lipinski definition) is 3. The molecule has 1 aromatic heterocycles. The first-order chi connectivity index (χ1) is 7.03. The standard InChI is InChI=1S/C11H18N2O2/c1-5-7-13-8-6-12-10(13)9(14)11(2,3)15-4/h6,8H,5,7H2,1-4H3. The molecule has 0 fully saturated rings. The van der Waals surface area contributed by atoms with Gasteiger partial charge in [0.2, 0.25) is 5.78 Å². The lowest BCUT2D eigenvalue weighted by atomic mass is 10.0. The van der Waals surface area contributed by atoms with Gasteiger partial charge in [-0.05, 0) is 20.3 Å². The first-order valence-corrected chi connectivity index (χ1v) is 5.14. The maximum Gasteiger partial charge on any atom is 0.229 e. The van der Waals surface area contributed by atoms with Crippen molar-refractivity contribution in [3.05, 3.63) is 18.2 Å². The Balaban J connectivity index is 2.96. The number of ketones is 1. The molecular weight excluding hydrogens is 192 g/mol. The second-order valence-corrected chi connectivity index (χ2v) is 3.99. The van der Waals surface area contributed by atoms with Crippen LogP contribution in [0.25, 0.3) is 0 Å². The molecule has 1 rings (SSSR count). The number of imidazole rings is 1. The van der Waals surface area contributed by atoms with Crippen molar-refractivity contribution in [2.24, 2.45) is 0 Å². The summed E-state index contributed by atoms with van der Waals surface area (Å²) >= 11 is 0. The van der Waals surface area contributed by atoms with E-state index in [1.54, 1.807) is 20.0 Å². The number of aromatic nitrogens is 2. The van der Waals surface area contributed by atoms with Gasteiger partial charge in [-0.3, -0.25) is 4.79 Å². The lowest BCUT2D eigenvalue weighted by Crippen LogP contribution is -2.35. The van der Waals surface area contributed by atoms with Crippen LogP contribution in [0.5, 0.6) is 0 Å². The van der Waals surface area contributed by atoms with Gasteiger partial charge in [-0.15, -0.1) is 0 Å². The molecule has 4 heteroatoms. The highest BCUT2D eigenvalue weighted by atomic mass is 16.5. The van der Waals surface area contributed by atoms with Crippen molar-refractivity contribution in [2.75, 3.05) is 7.11 Å². The van der Waals surface area contributed by atoms with E-state index < -0.39 is 5.60 Å². The fourth-order valence-electron chi connectivity index (χ4n) is 1.30. The Bertz CT molecular complexity index is 342. The minimum atomic E-state index is -0.809. The number of methoxy groups -OCH3 is 1. The quantitative estimate of drug-likeness (QED) is 0.697. The maximum absolute atomic E-state index is 12.0. The Morgan fingerprint density at radius 1 is 1.60 bits per heavy atom. The summed E-state index contributed by atoms with van der Waals surface area (Å²) < 4.78 is 7.02. The molecular formula is C11H18N2O2. The van der Waals surface area contributed by atoms with Crippen molar-refractivity contribution in [3.63, 3.8) is 0 Å². The van der Waals surface area contributed by atoms with Gasteiger partial charge < -0.3 is 9.30 Å². The van der Waals surface area contributed by atoms with Gasteiger partial charge in [-0.25, -0.2) is 4.98 Å². The molecule has 1 aromatic rings.